The lowest BCUT2D eigenvalue weighted by molar-refractivity contribution is 0.0450. The Labute approximate surface area is 68.8 Å². The molecule has 3 nitrogen and oxygen atoms in total. The predicted octanol–water partition coefficient (Wildman–Crippen LogP) is 0.238. The third-order valence-electron chi connectivity index (χ3n) is 1.81. The van der Waals surface area contributed by atoms with Crippen LogP contribution in [0, 0.1) is 5.92 Å². The van der Waals surface area contributed by atoms with E-state index >= 15 is 0 Å². The third kappa shape index (κ3) is 3.70. The highest BCUT2D eigenvalue weighted by Crippen LogP contribution is 2.05. The second-order valence-electron chi connectivity index (χ2n) is 3.09. The first kappa shape index (κ1) is 10.9. The first-order valence-electron chi connectivity index (χ1n) is 3.97. The molecule has 0 heterocycles. The lowest BCUT2D eigenvalue weighted by Gasteiger charge is -2.24. The molecule has 68 valence electrons. The number of methoxy groups -OCH3 is 1. The van der Waals surface area contributed by atoms with Gasteiger partial charge in [-0.15, -0.1) is 0 Å². The van der Waals surface area contributed by atoms with Crippen LogP contribution in [0.2, 0.25) is 0 Å². The molecule has 0 amide bonds. The van der Waals surface area contributed by atoms with E-state index in [4.69, 9.17) is 4.74 Å². The number of aliphatic hydroxyl groups is 1. The molecule has 0 bridgehead atoms. The van der Waals surface area contributed by atoms with E-state index in [1.165, 1.54) is 0 Å². The van der Waals surface area contributed by atoms with E-state index in [-0.39, 0.29) is 18.1 Å². The molecule has 0 aliphatic carbocycles. The van der Waals surface area contributed by atoms with Gasteiger partial charge in [0, 0.05) is 7.11 Å². The van der Waals surface area contributed by atoms with Crippen LogP contribution in [0.25, 0.3) is 0 Å². The molecule has 0 rings (SSSR count). The van der Waals surface area contributed by atoms with Gasteiger partial charge in [0.05, 0.1) is 18.8 Å². The first-order chi connectivity index (χ1) is 5.13. The lowest BCUT2D eigenvalue weighted by atomic mass is 10.0. The molecule has 0 spiro atoms. The fourth-order valence-corrected chi connectivity index (χ4v) is 0.997. The van der Waals surface area contributed by atoms with Gasteiger partial charge in [-0.3, -0.25) is 0 Å². The van der Waals surface area contributed by atoms with Crippen LogP contribution in [0.15, 0.2) is 0 Å². The maximum absolute atomic E-state index is 9.57. The Hall–Kier alpha value is -0.120. The van der Waals surface area contributed by atoms with Gasteiger partial charge in [0.25, 0.3) is 0 Å². The fraction of sp³-hybridized carbons (Fsp3) is 1.00. The molecule has 0 saturated heterocycles. The highest BCUT2D eigenvalue weighted by Gasteiger charge is 2.19. The molecule has 11 heavy (non-hydrogen) atoms. The fourth-order valence-electron chi connectivity index (χ4n) is 0.997. The molecule has 0 aromatic carbocycles. The number of ether oxygens (including phenoxy) is 1. The van der Waals surface area contributed by atoms with Crippen LogP contribution in [-0.4, -0.2) is 38.0 Å². The molecule has 0 aromatic rings. The van der Waals surface area contributed by atoms with Gasteiger partial charge in [0.2, 0.25) is 0 Å². The zero-order valence-electron chi connectivity index (χ0n) is 7.79. The van der Waals surface area contributed by atoms with Crippen LogP contribution in [0.3, 0.4) is 0 Å². The maximum atomic E-state index is 9.57. The molecular formula is C8H19NO2. The van der Waals surface area contributed by atoms with Crippen molar-refractivity contribution in [3.8, 4) is 0 Å². The van der Waals surface area contributed by atoms with Crippen LogP contribution < -0.4 is 5.32 Å². The van der Waals surface area contributed by atoms with Crippen molar-refractivity contribution in [3.63, 3.8) is 0 Å². The van der Waals surface area contributed by atoms with Crippen molar-refractivity contribution in [2.75, 3.05) is 20.8 Å². The largest absolute Gasteiger partial charge is 0.391 e. The average molecular weight is 161 g/mol. The molecule has 0 saturated carbocycles. The summed E-state index contributed by atoms with van der Waals surface area (Å²) in [4.78, 5) is 0. The molecule has 2 atom stereocenters. The molecule has 0 aromatic heterocycles. The minimum atomic E-state index is -0.333. The minimum Gasteiger partial charge on any atom is -0.391 e. The van der Waals surface area contributed by atoms with Gasteiger partial charge in [0.15, 0.2) is 0 Å². The third-order valence-corrected chi connectivity index (χ3v) is 1.81. The van der Waals surface area contributed by atoms with Gasteiger partial charge in [-0.1, -0.05) is 13.8 Å². The van der Waals surface area contributed by atoms with Crippen molar-refractivity contribution in [2.24, 2.45) is 5.92 Å². The van der Waals surface area contributed by atoms with Gasteiger partial charge in [-0.2, -0.15) is 0 Å². The van der Waals surface area contributed by atoms with Crippen molar-refractivity contribution in [2.45, 2.75) is 26.0 Å². The highest BCUT2D eigenvalue weighted by molar-refractivity contribution is 4.75. The van der Waals surface area contributed by atoms with Crippen LogP contribution in [-0.2, 0) is 4.74 Å². The van der Waals surface area contributed by atoms with E-state index in [1.54, 1.807) is 7.11 Å². The number of rotatable bonds is 5. The summed E-state index contributed by atoms with van der Waals surface area (Å²) in [6.07, 6.45) is -0.333. The molecule has 2 N–H and O–H groups in total. The monoisotopic (exact) mass is 161 g/mol. The summed E-state index contributed by atoms with van der Waals surface area (Å²) < 4.78 is 4.94. The van der Waals surface area contributed by atoms with Crippen molar-refractivity contribution >= 4 is 0 Å². The van der Waals surface area contributed by atoms with E-state index in [9.17, 15) is 5.11 Å². The summed E-state index contributed by atoms with van der Waals surface area (Å²) in [6, 6.07) is 0.0417. The number of hydrogen-bond acceptors (Lipinski definition) is 3. The molecule has 0 aliphatic heterocycles. The zero-order chi connectivity index (χ0) is 8.85. The Morgan fingerprint density at radius 3 is 2.27 bits per heavy atom. The van der Waals surface area contributed by atoms with Gasteiger partial charge in [-0.05, 0) is 13.0 Å². The number of nitrogens with one attached hydrogen (secondary N) is 1. The van der Waals surface area contributed by atoms with E-state index in [0.29, 0.717) is 6.61 Å². The quantitative estimate of drug-likeness (QED) is 0.607. The normalized spacial score (nSPS) is 16.9. The molecule has 2 unspecified atom stereocenters. The Morgan fingerprint density at radius 2 is 2.00 bits per heavy atom. The van der Waals surface area contributed by atoms with Crippen LogP contribution in [0.4, 0.5) is 0 Å². The zero-order valence-corrected chi connectivity index (χ0v) is 7.79. The van der Waals surface area contributed by atoms with E-state index in [1.807, 2.05) is 20.9 Å². The minimum absolute atomic E-state index is 0.0417. The van der Waals surface area contributed by atoms with Crippen molar-refractivity contribution in [3.05, 3.63) is 0 Å². The topological polar surface area (TPSA) is 41.5 Å². The molecule has 3 heteroatoms. The van der Waals surface area contributed by atoms with Gasteiger partial charge in [0.1, 0.15) is 0 Å². The van der Waals surface area contributed by atoms with E-state index in [2.05, 4.69) is 5.32 Å². The van der Waals surface area contributed by atoms with Gasteiger partial charge in [-0.25, -0.2) is 0 Å². The Kier molecular flexibility index (Phi) is 5.46. The number of likely N-dealkylation sites (N-methyl/N-ethyl adjacent to an activating group) is 1. The predicted molar refractivity (Wildman–Crippen MR) is 45.6 cm³/mol. The van der Waals surface area contributed by atoms with Crippen molar-refractivity contribution in [1.29, 1.82) is 0 Å². The summed E-state index contributed by atoms with van der Waals surface area (Å²) in [5, 5.41) is 12.6. The molecular weight excluding hydrogens is 142 g/mol. The van der Waals surface area contributed by atoms with Crippen LogP contribution >= 0.6 is 0 Å². The Morgan fingerprint density at radius 1 is 1.45 bits per heavy atom. The van der Waals surface area contributed by atoms with E-state index in [0.717, 1.165) is 0 Å². The Balaban J connectivity index is 3.81. The Bertz CT molecular complexity index is 96.1. The van der Waals surface area contributed by atoms with E-state index < -0.39 is 0 Å². The summed E-state index contributed by atoms with van der Waals surface area (Å²) in [5.74, 6) is 0.266. The second-order valence-corrected chi connectivity index (χ2v) is 3.09. The number of hydrogen-bond donors (Lipinski definition) is 2. The molecule has 0 radical (unpaired) electrons. The van der Waals surface area contributed by atoms with Crippen molar-refractivity contribution in [1.82, 2.24) is 5.32 Å². The first-order valence-corrected chi connectivity index (χ1v) is 3.97. The lowest BCUT2D eigenvalue weighted by Crippen LogP contribution is -2.43. The summed E-state index contributed by atoms with van der Waals surface area (Å²) in [5.41, 5.74) is 0. The summed E-state index contributed by atoms with van der Waals surface area (Å²) in [7, 11) is 3.46. The second kappa shape index (κ2) is 5.52. The standard InChI is InChI=1S/C8H19NO2/c1-6(2)8(10)7(9-3)5-11-4/h6-10H,5H2,1-4H3. The number of aliphatic hydroxyl groups excluding tert-OH is 1. The maximum Gasteiger partial charge on any atom is 0.0738 e. The van der Waals surface area contributed by atoms with Crippen LogP contribution in [0.5, 0.6) is 0 Å². The van der Waals surface area contributed by atoms with Gasteiger partial charge >= 0.3 is 0 Å². The average Bonchev–Trinajstić information content (AvgIpc) is 1.98. The highest BCUT2D eigenvalue weighted by atomic mass is 16.5. The SMILES string of the molecule is CNC(COC)C(O)C(C)C. The van der Waals surface area contributed by atoms with Crippen molar-refractivity contribution < 1.29 is 9.84 Å². The van der Waals surface area contributed by atoms with Gasteiger partial charge < -0.3 is 15.2 Å². The summed E-state index contributed by atoms with van der Waals surface area (Å²) in [6.45, 7) is 4.53. The van der Waals surface area contributed by atoms with Crippen LogP contribution in [0.1, 0.15) is 13.8 Å². The molecule has 0 fully saturated rings. The summed E-state index contributed by atoms with van der Waals surface area (Å²) >= 11 is 0. The molecule has 0 aliphatic rings. The smallest absolute Gasteiger partial charge is 0.0738 e.